The number of hydrogen-bond donors (Lipinski definition) is 1. The number of nitrogens with one attached hydrogen (secondary N) is 1. The largest absolute Gasteiger partial charge is 0.469 e. The molecular weight excluding hydrogens is 236 g/mol. The van der Waals surface area contributed by atoms with E-state index in [-0.39, 0.29) is 0 Å². The van der Waals surface area contributed by atoms with Crippen molar-refractivity contribution in [3.63, 3.8) is 0 Å². The average molecular weight is 244 g/mol. The van der Waals surface area contributed by atoms with Crippen molar-refractivity contribution in [3.8, 4) is 22.1 Å². The number of furan rings is 1. The number of hydrogen-bond acceptors (Lipinski definition) is 5. The van der Waals surface area contributed by atoms with Crippen LogP contribution in [-0.4, -0.2) is 20.2 Å². The van der Waals surface area contributed by atoms with Crippen LogP contribution in [0.4, 0.5) is 0 Å². The Hall–Kier alpha value is -1.95. The second-order valence-electron chi connectivity index (χ2n) is 3.88. The summed E-state index contributed by atoms with van der Waals surface area (Å²) in [7, 11) is 0. The zero-order chi connectivity index (χ0) is 11.2. The number of nitrogens with zero attached hydrogens (tertiary/aromatic N) is 3. The van der Waals surface area contributed by atoms with Crippen LogP contribution in [0.15, 0.2) is 23.1 Å². The fourth-order valence-electron chi connectivity index (χ4n) is 2.11. The van der Waals surface area contributed by atoms with Gasteiger partial charge in [-0.3, -0.25) is 5.10 Å². The number of aromatic nitrogens is 4. The van der Waals surface area contributed by atoms with Gasteiger partial charge in [0, 0.05) is 16.9 Å². The molecule has 84 valence electrons. The fourth-order valence-corrected chi connectivity index (χ4v) is 3.14. The minimum absolute atomic E-state index is 0.731. The van der Waals surface area contributed by atoms with Crippen molar-refractivity contribution in [2.24, 2.45) is 0 Å². The van der Waals surface area contributed by atoms with Crippen molar-refractivity contribution in [3.05, 3.63) is 29.3 Å². The minimum atomic E-state index is 0.731. The van der Waals surface area contributed by atoms with Crippen LogP contribution in [0, 0.1) is 0 Å². The minimum Gasteiger partial charge on any atom is -0.469 e. The van der Waals surface area contributed by atoms with Crippen LogP contribution in [0.5, 0.6) is 0 Å². The third-order valence-electron chi connectivity index (χ3n) is 2.89. The number of rotatable bonds is 1. The highest BCUT2D eigenvalue weighted by Gasteiger charge is 2.23. The highest BCUT2D eigenvalue weighted by molar-refractivity contribution is 7.15. The fraction of sp³-hybridized carbons (Fsp3) is 0.182. The molecule has 1 aliphatic carbocycles. The molecule has 0 bridgehead atoms. The summed E-state index contributed by atoms with van der Waals surface area (Å²) in [6.07, 6.45) is 5.17. The highest BCUT2D eigenvalue weighted by Crippen LogP contribution is 2.38. The van der Waals surface area contributed by atoms with E-state index in [2.05, 4.69) is 20.2 Å². The number of aromatic amines is 1. The molecular formula is C11H8N4OS. The summed E-state index contributed by atoms with van der Waals surface area (Å²) >= 11 is 1.67. The number of fused-ring (bicyclic) bond motifs is 3. The summed E-state index contributed by atoms with van der Waals surface area (Å²) in [5.74, 6) is 1.77. The predicted octanol–water partition coefficient (Wildman–Crippen LogP) is 2.29. The predicted molar refractivity (Wildman–Crippen MR) is 62.6 cm³/mol. The van der Waals surface area contributed by atoms with Crippen molar-refractivity contribution >= 4 is 11.3 Å². The molecule has 0 saturated carbocycles. The van der Waals surface area contributed by atoms with E-state index >= 15 is 0 Å². The van der Waals surface area contributed by atoms with Gasteiger partial charge in [-0.1, -0.05) is 0 Å². The summed E-state index contributed by atoms with van der Waals surface area (Å²) in [5.41, 5.74) is 2.16. The van der Waals surface area contributed by atoms with Crippen LogP contribution >= 0.6 is 11.3 Å². The Labute approximate surface area is 101 Å². The van der Waals surface area contributed by atoms with Gasteiger partial charge < -0.3 is 4.42 Å². The van der Waals surface area contributed by atoms with Crippen LogP contribution in [-0.2, 0) is 12.8 Å². The Morgan fingerprint density at radius 1 is 1.35 bits per heavy atom. The normalized spacial score (nSPS) is 13.4. The molecule has 0 aromatic carbocycles. The molecule has 3 aromatic rings. The summed E-state index contributed by atoms with van der Waals surface area (Å²) in [4.78, 5) is 10.1. The first-order chi connectivity index (χ1) is 8.42. The smallest absolute Gasteiger partial charge is 0.184 e. The molecule has 17 heavy (non-hydrogen) atoms. The average Bonchev–Trinajstić information content (AvgIpc) is 3.08. The Kier molecular flexibility index (Phi) is 1.75. The number of thiazole rings is 1. The molecule has 0 unspecified atom stereocenters. The SMILES string of the molecule is c1n[nH]c(-c2nc3c(s2)CCc2occc2-3)n1. The van der Waals surface area contributed by atoms with E-state index in [9.17, 15) is 0 Å². The third kappa shape index (κ3) is 1.27. The van der Waals surface area contributed by atoms with Gasteiger partial charge in [0.1, 0.15) is 12.1 Å². The molecule has 3 aromatic heterocycles. The second-order valence-corrected chi connectivity index (χ2v) is 4.97. The van der Waals surface area contributed by atoms with E-state index in [0.717, 1.165) is 40.7 Å². The van der Waals surface area contributed by atoms with Crippen LogP contribution < -0.4 is 0 Å². The zero-order valence-corrected chi connectivity index (χ0v) is 9.62. The van der Waals surface area contributed by atoms with Crippen molar-refractivity contribution in [1.29, 1.82) is 0 Å². The summed E-state index contributed by atoms with van der Waals surface area (Å²) in [6, 6.07) is 1.98. The van der Waals surface area contributed by atoms with Crippen LogP contribution in [0.1, 0.15) is 10.6 Å². The molecule has 1 N–H and O–H groups in total. The Morgan fingerprint density at radius 2 is 2.35 bits per heavy atom. The van der Waals surface area contributed by atoms with Crippen molar-refractivity contribution in [1.82, 2.24) is 20.2 Å². The molecule has 6 heteroatoms. The first-order valence-electron chi connectivity index (χ1n) is 5.34. The maximum atomic E-state index is 5.44. The highest BCUT2D eigenvalue weighted by atomic mass is 32.1. The van der Waals surface area contributed by atoms with Crippen molar-refractivity contribution < 1.29 is 4.42 Å². The molecule has 0 aliphatic heterocycles. The quantitative estimate of drug-likeness (QED) is 0.713. The Bertz CT molecular complexity index is 668. The van der Waals surface area contributed by atoms with Gasteiger partial charge >= 0.3 is 0 Å². The van der Waals surface area contributed by atoms with Gasteiger partial charge in [0.05, 0.1) is 12.0 Å². The topological polar surface area (TPSA) is 67.6 Å². The van der Waals surface area contributed by atoms with E-state index in [0.29, 0.717) is 0 Å². The van der Waals surface area contributed by atoms with Gasteiger partial charge in [-0.25, -0.2) is 9.97 Å². The standard InChI is InChI=1S/C11H8N4OS/c1-2-8-9(6-3-4-16-7(1)6)14-11(17-8)10-12-5-13-15-10/h3-5H,1-2H2,(H,12,13,15). The Balaban J connectivity index is 1.90. The van der Waals surface area contributed by atoms with Crippen LogP contribution in [0.25, 0.3) is 22.1 Å². The van der Waals surface area contributed by atoms with Crippen molar-refractivity contribution in [2.45, 2.75) is 12.8 Å². The lowest BCUT2D eigenvalue weighted by molar-refractivity contribution is 0.508. The lowest BCUT2D eigenvalue weighted by Crippen LogP contribution is -1.98. The molecule has 3 heterocycles. The molecule has 0 fully saturated rings. The maximum absolute atomic E-state index is 5.44. The van der Waals surface area contributed by atoms with E-state index in [1.165, 1.54) is 11.2 Å². The molecule has 5 nitrogen and oxygen atoms in total. The molecule has 4 rings (SSSR count). The van der Waals surface area contributed by atoms with Gasteiger partial charge in [-0.15, -0.1) is 11.3 Å². The monoisotopic (exact) mass is 244 g/mol. The Morgan fingerprint density at radius 3 is 3.24 bits per heavy atom. The molecule has 0 spiro atoms. The lowest BCUT2D eigenvalue weighted by atomic mass is 10.0. The van der Waals surface area contributed by atoms with E-state index in [1.807, 2.05) is 6.07 Å². The van der Waals surface area contributed by atoms with E-state index in [1.54, 1.807) is 17.6 Å². The molecule has 0 saturated heterocycles. The van der Waals surface area contributed by atoms with E-state index < -0.39 is 0 Å². The maximum Gasteiger partial charge on any atom is 0.184 e. The summed E-state index contributed by atoms with van der Waals surface area (Å²) in [6.45, 7) is 0. The zero-order valence-electron chi connectivity index (χ0n) is 8.80. The van der Waals surface area contributed by atoms with Gasteiger partial charge in [0.2, 0.25) is 0 Å². The molecule has 0 atom stereocenters. The number of aryl methyl sites for hydroxylation is 2. The molecule has 0 radical (unpaired) electrons. The first-order valence-corrected chi connectivity index (χ1v) is 6.15. The number of H-pyrrole nitrogens is 1. The summed E-state index contributed by atoms with van der Waals surface area (Å²) < 4.78 is 5.44. The van der Waals surface area contributed by atoms with Gasteiger partial charge in [0.25, 0.3) is 0 Å². The molecule has 1 aliphatic rings. The first kappa shape index (κ1) is 9.12. The van der Waals surface area contributed by atoms with E-state index in [4.69, 9.17) is 4.42 Å². The third-order valence-corrected chi connectivity index (χ3v) is 4.02. The van der Waals surface area contributed by atoms with Crippen LogP contribution in [0.2, 0.25) is 0 Å². The van der Waals surface area contributed by atoms with Crippen LogP contribution in [0.3, 0.4) is 0 Å². The lowest BCUT2D eigenvalue weighted by Gasteiger charge is -2.07. The van der Waals surface area contributed by atoms with Gasteiger partial charge in [-0.05, 0) is 12.5 Å². The summed E-state index contributed by atoms with van der Waals surface area (Å²) in [5, 5.41) is 7.59. The van der Waals surface area contributed by atoms with Gasteiger partial charge in [-0.2, -0.15) is 5.10 Å². The van der Waals surface area contributed by atoms with Crippen molar-refractivity contribution in [2.75, 3.05) is 0 Å². The molecule has 0 amide bonds. The second kappa shape index (κ2) is 3.27. The van der Waals surface area contributed by atoms with Gasteiger partial charge in [0.15, 0.2) is 10.8 Å².